The van der Waals surface area contributed by atoms with Gasteiger partial charge in [-0.15, -0.1) is 0 Å². The number of rotatable bonds is 6. The minimum Gasteiger partial charge on any atom is -0.497 e. The van der Waals surface area contributed by atoms with Crippen LogP contribution in [0.2, 0.25) is 0 Å². The van der Waals surface area contributed by atoms with Crippen LogP contribution >= 0.6 is 0 Å². The van der Waals surface area contributed by atoms with Crippen LogP contribution < -0.4 is 14.8 Å². The molecule has 6 nitrogen and oxygen atoms in total. The standard InChI is InChI=1S/C23H28N2O4/c1-5-15(3)25-14-17-13-18(9-12-21(17)29-20(6-2)23(25)27)24-22(26)16-7-10-19(28-4)11-8-16/h7-13,15,20H,5-6,14H2,1-4H3,(H,24,26)/t15-,20+/m1/s1. The highest BCUT2D eigenvalue weighted by atomic mass is 16.5. The molecule has 0 aromatic heterocycles. The lowest BCUT2D eigenvalue weighted by molar-refractivity contribution is -0.140. The molecule has 1 N–H and O–H groups in total. The fourth-order valence-electron chi connectivity index (χ4n) is 3.34. The molecule has 0 bridgehead atoms. The summed E-state index contributed by atoms with van der Waals surface area (Å²) < 4.78 is 11.1. The maximum atomic E-state index is 12.9. The highest BCUT2D eigenvalue weighted by molar-refractivity contribution is 6.04. The fraction of sp³-hybridized carbons (Fsp3) is 0.391. The van der Waals surface area contributed by atoms with E-state index >= 15 is 0 Å². The molecule has 6 heteroatoms. The maximum Gasteiger partial charge on any atom is 0.264 e. The average Bonchev–Trinajstić information content (AvgIpc) is 2.89. The van der Waals surface area contributed by atoms with Crippen molar-refractivity contribution in [3.63, 3.8) is 0 Å². The molecule has 1 heterocycles. The van der Waals surface area contributed by atoms with Crippen molar-refractivity contribution in [3.8, 4) is 11.5 Å². The molecule has 0 spiro atoms. The molecule has 0 unspecified atom stereocenters. The number of nitrogens with one attached hydrogen (secondary N) is 1. The molecule has 0 fully saturated rings. The monoisotopic (exact) mass is 396 g/mol. The smallest absolute Gasteiger partial charge is 0.264 e. The van der Waals surface area contributed by atoms with Gasteiger partial charge in [0.2, 0.25) is 0 Å². The number of benzene rings is 2. The van der Waals surface area contributed by atoms with E-state index in [2.05, 4.69) is 12.2 Å². The molecule has 0 saturated carbocycles. The van der Waals surface area contributed by atoms with Crippen LogP contribution in [0.1, 0.15) is 49.5 Å². The Labute approximate surface area is 171 Å². The zero-order chi connectivity index (χ0) is 21.0. The van der Waals surface area contributed by atoms with E-state index in [9.17, 15) is 9.59 Å². The Morgan fingerprint density at radius 1 is 1.24 bits per heavy atom. The van der Waals surface area contributed by atoms with Crippen molar-refractivity contribution < 1.29 is 19.1 Å². The predicted molar refractivity (Wildman–Crippen MR) is 112 cm³/mol. The maximum absolute atomic E-state index is 12.9. The van der Waals surface area contributed by atoms with Crippen molar-refractivity contribution >= 4 is 17.5 Å². The van der Waals surface area contributed by atoms with Gasteiger partial charge < -0.3 is 19.7 Å². The molecule has 2 atom stereocenters. The van der Waals surface area contributed by atoms with Crippen LogP contribution in [0.25, 0.3) is 0 Å². The van der Waals surface area contributed by atoms with Crippen LogP contribution in [0.5, 0.6) is 11.5 Å². The number of methoxy groups -OCH3 is 1. The lowest BCUT2D eigenvalue weighted by Gasteiger charge is -2.28. The van der Waals surface area contributed by atoms with Gasteiger partial charge in [0.05, 0.1) is 7.11 Å². The number of nitrogens with zero attached hydrogens (tertiary/aromatic N) is 1. The lowest BCUT2D eigenvalue weighted by Crippen LogP contribution is -2.43. The minimum atomic E-state index is -0.481. The summed E-state index contributed by atoms with van der Waals surface area (Å²) in [4.78, 5) is 27.3. The molecule has 154 valence electrons. The van der Waals surface area contributed by atoms with Gasteiger partial charge in [0, 0.05) is 29.4 Å². The van der Waals surface area contributed by atoms with Crippen LogP contribution in [0.15, 0.2) is 42.5 Å². The van der Waals surface area contributed by atoms with Crippen LogP contribution in [0, 0.1) is 0 Å². The van der Waals surface area contributed by atoms with Gasteiger partial charge in [-0.05, 0) is 62.2 Å². The molecule has 29 heavy (non-hydrogen) atoms. The van der Waals surface area contributed by atoms with E-state index in [0.29, 0.717) is 35.7 Å². The fourth-order valence-corrected chi connectivity index (χ4v) is 3.34. The summed E-state index contributed by atoms with van der Waals surface area (Å²) in [7, 11) is 1.59. The Kier molecular flexibility index (Phi) is 6.42. The Morgan fingerprint density at radius 2 is 1.97 bits per heavy atom. The molecule has 2 aromatic rings. The first-order valence-electron chi connectivity index (χ1n) is 10.0. The zero-order valence-electron chi connectivity index (χ0n) is 17.4. The largest absolute Gasteiger partial charge is 0.497 e. The first-order valence-corrected chi connectivity index (χ1v) is 10.0. The third-order valence-corrected chi connectivity index (χ3v) is 5.33. The highest BCUT2D eigenvalue weighted by Gasteiger charge is 2.32. The van der Waals surface area contributed by atoms with Crippen molar-refractivity contribution in [1.82, 2.24) is 4.90 Å². The average molecular weight is 396 g/mol. The van der Waals surface area contributed by atoms with E-state index in [1.165, 1.54) is 0 Å². The van der Waals surface area contributed by atoms with Gasteiger partial charge in [0.15, 0.2) is 6.10 Å². The molecule has 0 radical (unpaired) electrons. The van der Waals surface area contributed by atoms with Crippen LogP contribution in [0.4, 0.5) is 5.69 Å². The summed E-state index contributed by atoms with van der Waals surface area (Å²) >= 11 is 0. The van der Waals surface area contributed by atoms with Gasteiger partial charge in [-0.1, -0.05) is 13.8 Å². The highest BCUT2D eigenvalue weighted by Crippen LogP contribution is 2.31. The van der Waals surface area contributed by atoms with E-state index in [0.717, 1.165) is 12.0 Å². The first-order chi connectivity index (χ1) is 14.0. The number of hydrogen-bond acceptors (Lipinski definition) is 4. The van der Waals surface area contributed by atoms with Gasteiger partial charge in [-0.2, -0.15) is 0 Å². The Balaban J connectivity index is 1.83. The van der Waals surface area contributed by atoms with Crippen LogP contribution in [-0.2, 0) is 11.3 Å². The van der Waals surface area contributed by atoms with Crippen LogP contribution in [0.3, 0.4) is 0 Å². The molecule has 2 aromatic carbocycles. The number of ether oxygens (including phenoxy) is 2. The van der Waals surface area contributed by atoms with Crippen molar-refractivity contribution in [3.05, 3.63) is 53.6 Å². The number of anilines is 1. The van der Waals surface area contributed by atoms with E-state index in [1.807, 2.05) is 30.9 Å². The molecule has 2 amide bonds. The van der Waals surface area contributed by atoms with E-state index in [4.69, 9.17) is 9.47 Å². The number of amides is 2. The summed E-state index contributed by atoms with van der Waals surface area (Å²) in [6.45, 7) is 6.53. The van der Waals surface area contributed by atoms with Gasteiger partial charge in [-0.25, -0.2) is 0 Å². The Morgan fingerprint density at radius 3 is 2.59 bits per heavy atom. The van der Waals surface area contributed by atoms with Crippen molar-refractivity contribution in [2.75, 3.05) is 12.4 Å². The van der Waals surface area contributed by atoms with Gasteiger partial charge in [0.1, 0.15) is 11.5 Å². The number of hydrogen-bond donors (Lipinski definition) is 1. The molecule has 1 aliphatic rings. The van der Waals surface area contributed by atoms with Crippen molar-refractivity contribution in [2.24, 2.45) is 0 Å². The first kappa shape index (κ1) is 20.7. The zero-order valence-corrected chi connectivity index (χ0v) is 17.4. The van der Waals surface area contributed by atoms with Gasteiger partial charge >= 0.3 is 0 Å². The van der Waals surface area contributed by atoms with Crippen molar-refractivity contribution in [1.29, 1.82) is 0 Å². The molecule has 0 aliphatic carbocycles. The predicted octanol–water partition coefficient (Wildman–Crippen LogP) is 4.25. The molecule has 0 saturated heterocycles. The number of carbonyl (C=O) groups is 2. The van der Waals surface area contributed by atoms with E-state index in [-0.39, 0.29) is 17.9 Å². The normalized spacial score (nSPS) is 17.0. The van der Waals surface area contributed by atoms with Crippen molar-refractivity contribution in [2.45, 2.75) is 52.3 Å². The molecule has 3 rings (SSSR count). The lowest BCUT2D eigenvalue weighted by atomic mass is 10.1. The quantitative estimate of drug-likeness (QED) is 0.793. The van der Waals surface area contributed by atoms with E-state index in [1.54, 1.807) is 37.4 Å². The second-order valence-corrected chi connectivity index (χ2v) is 7.24. The Bertz CT molecular complexity index is 879. The minimum absolute atomic E-state index is 0.0156. The topological polar surface area (TPSA) is 67.9 Å². The summed E-state index contributed by atoms with van der Waals surface area (Å²) in [6.07, 6.45) is 0.997. The second kappa shape index (κ2) is 8.99. The molecular formula is C23H28N2O4. The summed E-state index contributed by atoms with van der Waals surface area (Å²) in [5.41, 5.74) is 2.10. The second-order valence-electron chi connectivity index (χ2n) is 7.24. The summed E-state index contributed by atoms with van der Waals surface area (Å²) in [6, 6.07) is 12.6. The number of carbonyl (C=O) groups excluding carboxylic acids is 2. The van der Waals surface area contributed by atoms with Crippen LogP contribution in [-0.4, -0.2) is 36.0 Å². The van der Waals surface area contributed by atoms with E-state index < -0.39 is 6.10 Å². The number of fused-ring (bicyclic) bond motifs is 1. The van der Waals surface area contributed by atoms with Gasteiger partial charge in [0.25, 0.3) is 11.8 Å². The molecule has 1 aliphatic heterocycles. The summed E-state index contributed by atoms with van der Waals surface area (Å²) in [5, 5.41) is 2.92. The third-order valence-electron chi connectivity index (χ3n) is 5.33. The Hall–Kier alpha value is -3.02. The SMILES string of the molecule is CC[C@@H]1Oc2ccc(NC(=O)c3ccc(OC)cc3)cc2CN([C@H](C)CC)C1=O. The third kappa shape index (κ3) is 4.53. The molecular weight excluding hydrogens is 368 g/mol. The van der Waals surface area contributed by atoms with Gasteiger partial charge in [-0.3, -0.25) is 9.59 Å². The summed E-state index contributed by atoms with van der Waals surface area (Å²) in [5.74, 6) is 1.20.